The SMILES string of the molecule is BC(B)(B)NC(=O)c1nnc(NC(=O)C2CC2)cc1Nc1cccc(-c2nc(C3(NC(=O)CC#N)CC3)no2)c1OC. The Labute approximate surface area is 244 Å². The molecule has 0 atom stereocenters. The second kappa shape index (κ2) is 11.2. The average molecular weight is 567 g/mol. The van der Waals surface area contributed by atoms with Crippen LogP contribution in [0.2, 0.25) is 0 Å². The van der Waals surface area contributed by atoms with Crippen LogP contribution in [-0.2, 0) is 15.1 Å². The summed E-state index contributed by atoms with van der Waals surface area (Å²) in [6, 6.07) is 8.58. The van der Waals surface area contributed by atoms with Gasteiger partial charge >= 0.3 is 0 Å². The van der Waals surface area contributed by atoms with Gasteiger partial charge < -0.3 is 30.5 Å². The summed E-state index contributed by atoms with van der Waals surface area (Å²) in [5.74, 6) is -0.0524. The van der Waals surface area contributed by atoms with E-state index < -0.39 is 22.6 Å². The van der Waals surface area contributed by atoms with Crippen molar-refractivity contribution in [2.75, 3.05) is 17.7 Å². The first-order valence-electron chi connectivity index (χ1n) is 13.5. The van der Waals surface area contributed by atoms with E-state index in [0.717, 1.165) is 12.8 Å². The van der Waals surface area contributed by atoms with Crippen molar-refractivity contribution in [3.63, 3.8) is 0 Å². The highest BCUT2D eigenvalue weighted by Crippen LogP contribution is 2.45. The van der Waals surface area contributed by atoms with Crippen LogP contribution in [0.1, 0.15) is 48.4 Å². The molecule has 0 aliphatic heterocycles. The van der Waals surface area contributed by atoms with Crippen LogP contribution in [0.15, 0.2) is 28.8 Å². The second-order valence-corrected chi connectivity index (χ2v) is 11.4. The minimum absolute atomic E-state index is 0.0191. The first-order chi connectivity index (χ1) is 20.0. The molecule has 14 nitrogen and oxygen atoms in total. The molecule has 212 valence electrons. The molecule has 0 radical (unpaired) electrons. The zero-order chi connectivity index (χ0) is 30.1. The predicted molar refractivity (Wildman–Crippen MR) is 158 cm³/mol. The van der Waals surface area contributed by atoms with Gasteiger partial charge in [-0.2, -0.15) is 10.2 Å². The molecule has 3 aromatic rings. The van der Waals surface area contributed by atoms with E-state index in [2.05, 4.69) is 41.6 Å². The van der Waals surface area contributed by atoms with Gasteiger partial charge in [0.25, 0.3) is 11.8 Å². The summed E-state index contributed by atoms with van der Waals surface area (Å²) in [5.41, 5.74) is 0.459. The number of para-hydroxylation sites is 1. The lowest BCUT2D eigenvalue weighted by molar-refractivity contribution is -0.121. The van der Waals surface area contributed by atoms with Gasteiger partial charge in [0.05, 0.1) is 30.1 Å². The average Bonchev–Trinajstić information content (AvgIpc) is 3.86. The molecule has 0 unspecified atom stereocenters. The smallest absolute Gasteiger partial charge is 0.272 e. The van der Waals surface area contributed by atoms with Crippen LogP contribution in [-0.4, -0.2) is 73.9 Å². The van der Waals surface area contributed by atoms with Crippen molar-refractivity contribution in [3.05, 3.63) is 35.8 Å². The number of nitrogens with one attached hydrogen (secondary N) is 4. The molecule has 17 heteroatoms. The number of amides is 3. The van der Waals surface area contributed by atoms with Crippen LogP contribution in [0.3, 0.4) is 0 Å². The molecule has 4 N–H and O–H groups in total. The summed E-state index contributed by atoms with van der Waals surface area (Å²) in [4.78, 5) is 42.0. The van der Waals surface area contributed by atoms with Gasteiger partial charge in [0, 0.05) is 12.0 Å². The van der Waals surface area contributed by atoms with E-state index in [4.69, 9.17) is 14.5 Å². The molecule has 1 aromatic carbocycles. The zero-order valence-corrected chi connectivity index (χ0v) is 23.7. The van der Waals surface area contributed by atoms with Gasteiger partial charge in [-0.15, -0.1) is 10.2 Å². The molecule has 2 fully saturated rings. The number of carbonyl (C=O) groups is 3. The first kappa shape index (κ1) is 28.7. The molecule has 2 aromatic heterocycles. The van der Waals surface area contributed by atoms with Gasteiger partial charge in [0.1, 0.15) is 35.5 Å². The number of nitrogens with zero attached hydrogens (tertiary/aromatic N) is 5. The molecule has 42 heavy (non-hydrogen) atoms. The van der Waals surface area contributed by atoms with Gasteiger partial charge in [0.2, 0.25) is 11.8 Å². The molecule has 2 aliphatic carbocycles. The Bertz CT molecular complexity index is 1590. The van der Waals surface area contributed by atoms with Gasteiger partial charge in [-0.25, -0.2) is 0 Å². The molecule has 3 amide bonds. The number of hydrogen-bond acceptors (Lipinski definition) is 11. The number of ether oxygens (including phenoxy) is 1. The number of anilines is 3. The zero-order valence-electron chi connectivity index (χ0n) is 23.7. The summed E-state index contributed by atoms with van der Waals surface area (Å²) in [7, 11) is 7.02. The van der Waals surface area contributed by atoms with Crippen LogP contribution >= 0.6 is 0 Å². The lowest BCUT2D eigenvalue weighted by Crippen LogP contribution is -2.50. The fourth-order valence-electron chi connectivity index (χ4n) is 4.30. The van der Waals surface area contributed by atoms with Crippen LogP contribution < -0.4 is 26.0 Å². The maximum atomic E-state index is 13.1. The summed E-state index contributed by atoms with van der Waals surface area (Å²) in [6.45, 7) is 0. The highest BCUT2D eigenvalue weighted by molar-refractivity contribution is 6.60. The molecule has 0 spiro atoms. The van der Waals surface area contributed by atoms with Crippen LogP contribution in [0.25, 0.3) is 11.5 Å². The van der Waals surface area contributed by atoms with Crippen LogP contribution in [0, 0.1) is 17.2 Å². The van der Waals surface area contributed by atoms with E-state index in [-0.39, 0.29) is 41.3 Å². The maximum absolute atomic E-state index is 13.1. The Kier molecular flexibility index (Phi) is 7.64. The Morgan fingerprint density at radius 3 is 2.60 bits per heavy atom. The number of carbonyl (C=O) groups excluding carboxylic acids is 3. The van der Waals surface area contributed by atoms with E-state index >= 15 is 0 Å². The molecular formula is C25H28B3N9O5. The minimum Gasteiger partial charge on any atom is -0.494 e. The van der Waals surface area contributed by atoms with Crippen LogP contribution in [0.4, 0.5) is 17.2 Å². The third-order valence-electron chi connectivity index (χ3n) is 6.64. The van der Waals surface area contributed by atoms with Crippen molar-refractivity contribution >= 4 is 58.5 Å². The van der Waals surface area contributed by atoms with Crippen molar-refractivity contribution in [1.29, 1.82) is 5.26 Å². The second-order valence-electron chi connectivity index (χ2n) is 11.4. The largest absolute Gasteiger partial charge is 0.494 e. The summed E-state index contributed by atoms with van der Waals surface area (Å²) in [5, 5.41) is 32.2. The lowest BCUT2D eigenvalue weighted by atomic mass is 9.49. The van der Waals surface area contributed by atoms with E-state index in [1.54, 1.807) is 24.3 Å². The molecule has 0 saturated heterocycles. The van der Waals surface area contributed by atoms with Crippen molar-refractivity contribution in [1.82, 2.24) is 31.0 Å². The number of nitriles is 1. The number of hydrogen-bond donors (Lipinski definition) is 4. The molecule has 0 bridgehead atoms. The Morgan fingerprint density at radius 2 is 1.95 bits per heavy atom. The third-order valence-corrected chi connectivity index (χ3v) is 6.64. The number of aromatic nitrogens is 4. The maximum Gasteiger partial charge on any atom is 0.272 e. The monoisotopic (exact) mass is 567 g/mol. The van der Waals surface area contributed by atoms with Gasteiger partial charge in [0.15, 0.2) is 23.1 Å². The van der Waals surface area contributed by atoms with E-state index in [0.29, 0.717) is 35.7 Å². The number of methoxy groups -OCH3 is 1. The predicted octanol–water partition coefficient (Wildman–Crippen LogP) is -1.11. The first-order valence-corrected chi connectivity index (χ1v) is 13.5. The van der Waals surface area contributed by atoms with Gasteiger partial charge in [-0.1, -0.05) is 11.2 Å². The highest BCUT2D eigenvalue weighted by atomic mass is 16.5. The van der Waals surface area contributed by atoms with Crippen molar-refractivity contribution in [2.24, 2.45) is 5.92 Å². The fraction of sp³-hybridized carbons (Fsp3) is 0.360. The molecular weight excluding hydrogens is 539 g/mol. The molecule has 5 rings (SSSR count). The van der Waals surface area contributed by atoms with E-state index in [9.17, 15) is 14.4 Å². The normalized spacial score (nSPS) is 15.1. The summed E-state index contributed by atoms with van der Waals surface area (Å²) in [6.07, 6.45) is 2.63. The van der Waals surface area contributed by atoms with Crippen LogP contribution in [0.5, 0.6) is 5.75 Å². The summed E-state index contributed by atoms with van der Waals surface area (Å²) < 4.78 is 11.3. The van der Waals surface area contributed by atoms with E-state index in [1.807, 2.05) is 29.6 Å². The van der Waals surface area contributed by atoms with Crippen molar-refractivity contribution in [2.45, 2.75) is 42.9 Å². The van der Waals surface area contributed by atoms with Crippen molar-refractivity contribution < 1.29 is 23.6 Å². The quantitative estimate of drug-likeness (QED) is 0.205. The molecule has 2 saturated carbocycles. The lowest BCUT2D eigenvalue weighted by Gasteiger charge is -2.21. The Balaban J connectivity index is 1.46. The minimum atomic E-state index is -0.766. The summed E-state index contributed by atoms with van der Waals surface area (Å²) >= 11 is 0. The fourth-order valence-corrected chi connectivity index (χ4v) is 4.30. The third kappa shape index (κ3) is 6.38. The highest BCUT2D eigenvalue weighted by Gasteiger charge is 2.50. The standard InChI is InChI=1S/C25H28B3N9O5/c1-41-19-13(22-32-23(37-42-22)24(8-9-24)33-17(38)7-10-29)3-2-4-14(19)30-15-11-16(31-20(39)12-5-6-12)35-36-18(15)21(40)34-25(26,27)28/h2-4,11-12H,5-9,26-28H2,1H3,(H,33,38)(H,34,40)(H2,30,31,35,39). The Hall–Kier alpha value is -4.87. The Morgan fingerprint density at radius 1 is 1.19 bits per heavy atom. The molecule has 2 aliphatic rings. The van der Waals surface area contributed by atoms with E-state index in [1.165, 1.54) is 7.11 Å². The van der Waals surface area contributed by atoms with Crippen molar-refractivity contribution in [3.8, 4) is 23.3 Å². The molecule has 2 heterocycles. The number of benzene rings is 1. The van der Waals surface area contributed by atoms with Gasteiger partial charge in [-0.3, -0.25) is 14.4 Å². The van der Waals surface area contributed by atoms with Gasteiger partial charge in [-0.05, 0) is 43.1 Å². The number of rotatable bonds is 11. The topological polar surface area (TPSA) is 197 Å².